The molecule has 7 atom stereocenters. The Bertz CT molecular complexity index is 2240. The SMILES string of the molecule is C=CCO[C@@H]1O[C@H](CO[Si](C)(C)C(C)(C)C)[C@@H](OCc2ccccc2)[C@H](OC(=O)C[C@@H](CCCCCCCCCCC)OCc2ccc(C(F)(F)F)cc2)[C@H]1NC(=O)C[C@@H](CCCCCCCCCCC)OCc1ccc(C(F)(F)F)cc1. The normalized spacial score (nSPS) is 18.6. The summed E-state index contributed by atoms with van der Waals surface area (Å²) in [5, 5.41) is 2.93. The van der Waals surface area contributed by atoms with Crippen LogP contribution in [0.2, 0.25) is 18.1 Å². The number of carbonyl (C=O) groups excluding carboxylic acids is 2. The van der Waals surface area contributed by atoms with E-state index in [1.807, 2.05) is 30.3 Å². The topological polar surface area (TPSA) is 111 Å². The van der Waals surface area contributed by atoms with Gasteiger partial charge in [-0.3, -0.25) is 9.59 Å². The van der Waals surface area contributed by atoms with Gasteiger partial charge in [-0.15, -0.1) is 6.58 Å². The van der Waals surface area contributed by atoms with Crippen molar-refractivity contribution in [2.24, 2.45) is 0 Å². The van der Waals surface area contributed by atoms with Gasteiger partial charge in [-0.2, -0.15) is 26.3 Å². The molecular formula is C66H99F6NO9Si. The Morgan fingerprint density at radius 2 is 1.05 bits per heavy atom. The second-order valence-corrected chi connectivity index (χ2v) is 28.8. The quantitative estimate of drug-likeness (QED) is 0.0195. The van der Waals surface area contributed by atoms with Gasteiger partial charge in [0.2, 0.25) is 5.91 Å². The second kappa shape index (κ2) is 37.5. The highest BCUT2D eigenvalue weighted by Gasteiger charge is 2.51. The number of amides is 1. The Hall–Kier alpha value is -4.10. The molecule has 1 N–H and O–H groups in total. The van der Waals surface area contributed by atoms with Crippen molar-refractivity contribution in [1.29, 1.82) is 0 Å². The van der Waals surface area contributed by atoms with Gasteiger partial charge in [-0.05, 0) is 71.9 Å². The lowest BCUT2D eigenvalue weighted by atomic mass is 9.95. The van der Waals surface area contributed by atoms with E-state index in [0.29, 0.717) is 24.0 Å². The largest absolute Gasteiger partial charge is 0.457 e. The average Bonchev–Trinajstić information content (AvgIpc) is 3.61. The molecule has 0 aliphatic carbocycles. The summed E-state index contributed by atoms with van der Waals surface area (Å²) >= 11 is 0. The van der Waals surface area contributed by atoms with Crippen LogP contribution < -0.4 is 5.32 Å². The van der Waals surface area contributed by atoms with Gasteiger partial charge in [0.25, 0.3) is 0 Å². The molecule has 83 heavy (non-hydrogen) atoms. The van der Waals surface area contributed by atoms with Crippen LogP contribution in [0.5, 0.6) is 0 Å². The number of nitrogens with one attached hydrogen (secondary N) is 1. The summed E-state index contributed by atoms with van der Waals surface area (Å²) in [7, 11) is -2.45. The van der Waals surface area contributed by atoms with Gasteiger partial charge in [-0.25, -0.2) is 0 Å². The molecule has 1 aliphatic heterocycles. The fourth-order valence-electron chi connectivity index (χ4n) is 9.81. The molecular weight excluding hydrogens is 1090 g/mol. The van der Waals surface area contributed by atoms with E-state index in [9.17, 15) is 35.9 Å². The number of hydrogen-bond acceptors (Lipinski definition) is 9. The Kier molecular flexibility index (Phi) is 32.2. The first kappa shape index (κ1) is 71.4. The van der Waals surface area contributed by atoms with Gasteiger partial charge in [0.05, 0.1) is 69.2 Å². The number of benzene rings is 3. The van der Waals surface area contributed by atoms with Crippen LogP contribution in [0, 0.1) is 0 Å². The molecule has 468 valence electrons. The smallest absolute Gasteiger partial charge is 0.416 e. The lowest BCUT2D eigenvalue weighted by Gasteiger charge is -2.47. The van der Waals surface area contributed by atoms with E-state index in [4.69, 9.17) is 32.8 Å². The van der Waals surface area contributed by atoms with Gasteiger partial charge in [0.15, 0.2) is 20.7 Å². The maximum atomic E-state index is 14.8. The van der Waals surface area contributed by atoms with E-state index in [-0.39, 0.29) is 50.9 Å². The number of halogens is 6. The van der Waals surface area contributed by atoms with Crippen molar-refractivity contribution < 1.29 is 68.8 Å². The highest BCUT2D eigenvalue weighted by molar-refractivity contribution is 6.74. The van der Waals surface area contributed by atoms with Crippen LogP contribution >= 0.6 is 0 Å². The molecule has 0 bridgehead atoms. The molecule has 0 spiro atoms. The molecule has 0 aromatic heterocycles. The standard InChI is InChI=1S/C66H99F6NO9Si/c1-9-12-14-16-18-20-22-24-29-33-55(77-46-51-35-39-53(40-36-51)65(67,68)69)44-58(74)73-60-62(61(79-48-50-31-27-26-28-32-50)57(81-63(60)76-43-11-3)49-80-83(7,8)64(4,5)6)82-59(75)45-56(34-30-25-23-21-19-17-15-13-10-2)78-47-52-37-41-54(42-38-52)66(70,71)72/h11,26-28,31-32,35-42,55-57,60-63H,3,9-10,12-25,29-30,33-34,43-49H2,1-2,4-8H3,(H,73,74)/t55-,56-,57-,60-,61-,62-,63-/m1/s1. The predicted octanol–water partition coefficient (Wildman–Crippen LogP) is 17.7. The number of rotatable bonds is 41. The number of unbranched alkanes of at least 4 members (excludes halogenated alkanes) is 16. The van der Waals surface area contributed by atoms with E-state index >= 15 is 0 Å². The molecule has 1 heterocycles. The molecule has 1 fully saturated rings. The molecule has 3 aromatic rings. The van der Waals surface area contributed by atoms with E-state index in [2.05, 4.69) is 59.6 Å². The Labute approximate surface area is 494 Å². The predicted molar refractivity (Wildman–Crippen MR) is 318 cm³/mol. The van der Waals surface area contributed by atoms with Crippen LogP contribution in [0.3, 0.4) is 0 Å². The van der Waals surface area contributed by atoms with Crippen LogP contribution in [0.25, 0.3) is 0 Å². The second-order valence-electron chi connectivity index (χ2n) is 23.9. The fraction of sp³-hybridized carbons (Fsp3) is 0.667. The zero-order valence-electron chi connectivity index (χ0n) is 50.9. The maximum absolute atomic E-state index is 14.8. The number of ether oxygens (including phenoxy) is 6. The summed E-state index contributed by atoms with van der Waals surface area (Å²) in [6.45, 7) is 18.9. The van der Waals surface area contributed by atoms with Gasteiger partial charge < -0.3 is 38.2 Å². The number of hydrogen-bond donors (Lipinski definition) is 1. The lowest BCUT2D eigenvalue weighted by Crippen LogP contribution is -2.67. The third-order valence-corrected chi connectivity index (χ3v) is 20.4. The first-order valence-electron chi connectivity index (χ1n) is 30.8. The van der Waals surface area contributed by atoms with Crippen molar-refractivity contribution in [2.45, 2.75) is 269 Å². The summed E-state index contributed by atoms with van der Waals surface area (Å²) < 4.78 is 127. The molecule has 17 heteroatoms. The van der Waals surface area contributed by atoms with Gasteiger partial charge in [-0.1, -0.05) is 211 Å². The van der Waals surface area contributed by atoms with Gasteiger partial charge in [0, 0.05) is 0 Å². The summed E-state index contributed by atoms with van der Waals surface area (Å²) in [5.74, 6) is -1.13. The van der Waals surface area contributed by atoms with Crippen molar-refractivity contribution in [3.05, 3.63) is 119 Å². The number of alkyl halides is 6. The fourth-order valence-corrected chi connectivity index (χ4v) is 10.8. The van der Waals surface area contributed by atoms with E-state index < -0.39 is 86.5 Å². The molecule has 0 saturated carbocycles. The van der Waals surface area contributed by atoms with Crippen molar-refractivity contribution >= 4 is 20.2 Å². The molecule has 3 aromatic carbocycles. The number of carbonyl (C=O) groups is 2. The van der Waals surface area contributed by atoms with Gasteiger partial charge in [0.1, 0.15) is 18.2 Å². The first-order chi connectivity index (χ1) is 39.5. The third-order valence-electron chi connectivity index (χ3n) is 15.9. The molecule has 0 radical (unpaired) electrons. The lowest BCUT2D eigenvalue weighted by molar-refractivity contribution is -0.280. The van der Waals surface area contributed by atoms with E-state index in [0.717, 1.165) is 94.0 Å². The van der Waals surface area contributed by atoms with Crippen LogP contribution in [-0.2, 0) is 74.6 Å². The zero-order valence-corrected chi connectivity index (χ0v) is 51.9. The van der Waals surface area contributed by atoms with Crippen LogP contribution in [0.4, 0.5) is 26.3 Å². The first-order valence-corrected chi connectivity index (χ1v) is 33.7. The summed E-state index contributed by atoms with van der Waals surface area (Å²) in [5.41, 5.74) is 0.307. The minimum Gasteiger partial charge on any atom is -0.457 e. The van der Waals surface area contributed by atoms with Crippen molar-refractivity contribution in [2.75, 3.05) is 13.2 Å². The van der Waals surface area contributed by atoms with E-state index in [1.165, 1.54) is 75.6 Å². The molecule has 1 aliphatic rings. The highest BCUT2D eigenvalue weighted by Crippen LogP contribution is 2.38. The average molecular weight is 1190 g/mol. The maximum Gasteiger partial charge on any atom is 0.416 e. The molecule has 0 unspecified atom stereocenters. The van der Waals surface area contributed by atoms with Crippen LogP contribution in [-0.4, -0.2) is 76.3 Å². The van der Waals surface area contributed by atoms with E-state index in [1.54, 1.807) is 6.08 Å². The van der Waals surface area contributed by atoms with Gasteiger partial charge >= 0.3 is 18.3 Å². The Morgan fingerprint density at radius 1 is 0.602 bits per heavy atom. The summed E-state index contributed by atoms with van der Waals surface area (Å²) in [6.07, 6.45) is 6.87. The van der Waals surface area contributed by atoms with Crippen molar-refractivity contribution in [1.82, 2.24) is 5.32 Å². The van der Waals surface area contributed by atoms with Crippen molar-refractivity contribution in [3.63, 3.8) is 0 Å². The van der Waals surface area contributed by atoms with Crippen LogP contribution in [0.1, 0.15) is 204 Å². The monoisotopic (exact) mass is 1190 g/mol. The molecule has 4 rings (SSSR count). The molecule has 1 saturated heterocycles. The minimum absolute atomic E-state index is 0.000866. The zero-order chi connectivity index (χ0) is 60.7. The third kappa shape index (κ3) is 27.4. The number of esters is 1. The highest BCUT2D eigenvalue weighted by atomic mass is 28.4. The minimum atomic E-state index is -4.50. The van der Waals surface area contributed by atoms with Crippen molar-refractivity contribution in [3.8, 4) is 0 Å². The van der Waals surface area contributed by atoms with Crippen LogP contribution in [0.15, 0.2) is 91.5 Å². The Morgan fingerprint density at radius 3 is 1.49 bits per heavy atom. The Balaban J connectivity index is 1.69. The molecule has 1 amide bonds. The summed E-state index contributed by atoms with van der Waals surface area (Å²) in [4.78, 5) is 29.5. The summed E-state index contributed by atoms with van der Waals surface area (Å²) in [6, 6.07) is 17.9. The molecule has 10 nitrogen and oxygen atoms in total.